The van der Waals surface area contributed by atoms with Gasteiger partial charge in [0.2, 0.25) is 5.43 Å². The number of hydrogen-bond donors (Lipinski definition) is 0. The third kappa shape index (κ3) is 2.63. The summed E-state index contributed by atoms with van der Waals surface area (Å²) in [6.07, 6.45) is 0. The van der Waals surface area contributed by atoms with E-state index in [9.17, 15) is 26.4 Å². The summed E-state index contributed by atoms with van der Waals surface area (Å²) in [6.45, 7) is 0. The van der Waals surface area contributed by atoms with Gasteiger partial charge in [0.25, 0.3) is 0 Å². The zero-order chi connectivity index (χ0) is 16.8. The van der Waals surface area contributed by atoms with Crippen LogP contribution in [-0.2, 0) is 10.1 Å². The van der Waals surface area contributed by atoms with Gasteiger partial charge in [0.05, 0.1) is 10.8 Å². The highest BCUT2D eigenvalue weighted by molar-refractivity contribution is 7.88. The molecule has 9 heteroatoms. The summed E-state index contributed by atoms with van der Waals surface area (Å²) in [5.41, 5.74) is -5.79. The van der Waals surface area contributed by atoms with Gasteiger partial charge in [-0.25, -0.2) is 0 Å². The molecule has 0 N–H and O–H groups in total. The first-order chi connectivity index (χ1) is 10.7. The summed E-state index contributed by atoms with van der Waals surface area (Å²) in [6, 6.07) is 9.33. The molecule has 0 aliphatic rings. The van der Waals surface area contributed by atoms with Gasteiger partial charge in [-0.05, 0) is 24.3 Å². The molecule has 3 aromatic rings. The predicted molar refractivity (Wildman–Crippen MR) is 75.6 cm³/mol. The quantitative estimate of drug-likeness (QED) is 0.406. The predicted octanol–water partition coefficient (Wildman–Crippen LogP) is 3.17. The molecular formula is C14H7F3O5S. The average molecular weight is 344 g/mol. The molecule has 1 heterocycles. The molecule has 0 bridgehead atoms. The smallest absolute Gasteiger partial charge is 0.456 e. The molecule has 23 heavy (non-hydrogen) atoms. The monoisotopic (exact) mass is 344 g/mol. The first-order valence-corrected chi connectivity index (χ1v) is 7.56. The van der Waals surface area contributed by atoms with E-state index in [4.69, 9.17) is 4.42 Å². The van der Waals surface area contributed by atoms with Gasteiger partial charge < -0.3 is 8.60 Å². The van der Waals surface area contributed by atoms with Gasteiger partial charge in [-0.3, -0.25) is 4.79 Å². The van der Waals surface area contributed by atoms with Gasteiger partial charge in [0, 0.05) is 6.07 Å². The topological polar surface area (TPSA) is 73.6 Å². The van der Waals surface area contributed by atoms with Crippen molar-refractivity contribution in [2.45, 2.75) is 5.51 Å². The van der Waals surface area contributed by atoms with E-state index in [2.05, 4.69) is 4.18 Å². The fourth-order valence-corrected chi connectivity index (χ4v) is 2.46. The lowest BCUT2D eigenvalue weighted by Gasteiger charge is -2.09. The molecule has 0 amide bonds. The van der Waals surface area contributed by atoms with Crippen molar-refractivity contribution in [3.05, 3.63) is 52.7 Å². The van der Waals surface area contributed by atoms with Crippen LogP contribution in [0.2, 0.25) is 0 Å². The average Bonchev–Trinajstić information content (AvgIpc) is 2.45. The van der Waals surface area contributed by atoms with Gasteiger partial charge in [-0.15, -0.1) is 0 Å². The van der Waals surface area contributed by atoms with Crippen LogP contribution < -0.4 is 9.61 Å². The zero-order valence-corrected chi connectivity index (χ0v) is 11.9. The Morgan fingerprint density at radius 3 is 2.30 bits per heavy atom. The Hall–Kier alpha value is -2.55. The van der Waals surface area contributed by atoms with Crippen molar-refractivity contribution in [3.63, 3.8) is 0 Å². The minimum atomic E-state index is -5.79. The Morgan fingerprint density at radius 2 is 1.61 bits per heavy atom. The van der Waals surface area contributed by atoms with Crippen LogP contribution in [0.25, 0.3) is 21.9 Å². The molecule has 0 radical (unpaired) electrons. The van der Waals surface area contributed by atoms with Crippen LogP contribution in [0.1, 0.15) is 0 Å². The van der Waals surface area contributed by atoms with E-state index in [0.29, 0.717) is 5.39 Å². The van der Waals surface area contributed by atoms with Crippen LogP contribution in [0, 0.1) is 0 Å². The molecule has 1 aromatic heterocycles. The number of hydrogen-bond acceptors (Lipinski definition) is 5. The van der Waals surface area contributed by atoms with Crippen LogP contribution in [-0.4, -0.2) is 13.9 Å². The van der Waals surface area contributed by atoms with E-state index >= 15 is 0 Å². The van der Waals surface area contributed by atoms with Crippen LogP contribution >= 0.6 is 0 Å². The van der Waals surface area contributed by atoms with Crippen molar-refractivity contribution in [3.8, 4) is 5.75 Å². The van der Waals surface area contributed by atoms with Crippen molar-refractivity contribution in [2.24, 2.45) is 0 Å². The fourth-order valence-electron chi connectivity index (χ4n) is 2.01. The molecule has 0 saturated heterocycles. The minimum absolute atomic E-state index is 0.0800. The Balaban J connectivity index is 2.17. The molecule has 0 fully saturated rings. The molecule has 0 aliphatic heterocycles. The Labute approximate surface area is 127 Å². The molecule has 0 unspecified atom stereocenters. The van der Waals surface area contributed by atoms with Crippen LogP contribution in [0.15, 0.2) is 51.7 Å². The van der Waals surface area contributed by atoms with E-state index in [-0.39, 0.29) is 22.0 Å². The van der Waals surface area contributed by atoms with E-state index in [0.717, 1.165) is 18.2 Å². The normalized spacial score (nSPS) is 12.7. The summed E-state index contributed by atoms with van der Waals surface area (Å²) in [5.74, 6) is -0.603. The summed E-state index contributed by atoms with van der Waals surface area (Å²) in [7, 11) is -5.79. The fraction of sp³-hybridized carbons (Fsp3) is 0.0714. The standard InChI is InChI=1S/C14H7F3O5S/c15-14(16,17)23(19,20)22-8-5-6-10-12(7-8)21-11-4-2-1-3-9(11)13(10)18/h1-7H. The number of fused-ring (bicyclic) bond motifs is 2. The third-order valence-corrected chi connectivity index (χ3v) is 4.02. The second-order valence-corrected chi connectivity index (χ2v) is 6.11. The molecule has 0 atom stereocenters. The maximum atomic E-state index is 12.3. The van der Waals surface area contributed by atoms with Crippen molar-refractivity contribution in [2.75, 3.05) is 0 Å². The molecule has 0 spiro atoms. The maximum absolute atomic E-state index is 12.3. The molecule has 5 nitrogen and oxygen atoms in total. The minimum Gasteiger partial charge on any atom is -0.456 e. The van der Waals surface area contributed by atoms with Crippen molar-refractivity contribution in [1.29, 1.82) is 0 Å². The van der Waals surface area contributed by atoms with Crippen LogP contribution in [0.4, 0.5) is 13.2 Å². The highest BCUT2D eigenvalue weighted by atomic mass is 32.2. The van der Waals surface area contributed by atoms with Crippen LogP contribution in [0.5, 0.6) is 5.75 Å². The summed E-state index contributed by atoms with van der Waals surface area (Å²) in [5, 5.41) is 0.400. The van der Waals surface area contributed by atoms with Gasteiger partial charge in [0.1, 0.15) is 16.9 Å². The molecule has 0 saturated carbocycles. The number of halogens is 3. The number of para-hydroxylation sites is 1. The number of alkyl halides is 3. The van der Waals surface area contributed by atoms with Crippen molar-refractivity contribution < 1.29 is 30.2 Å². The SMILES string of the molecule is O=c1c2ccccc2oc2cc(OS(=O)(=O)C(F)(F)F)ccc12. The Kier molecular flexibility index (Phi) is 3.33. The van der Waals surface area contributed by atoms with E-state index < -0.39 is 21.4 Å². The van der Waals surface area contributed by atoms with E-state index in [1.165, 1.54) is 6.07 Å². The lowest BCUT2D eigenvalue weighted by Crippen LogP contribution is -2.28. The van der Waals surface area contributed by atoms with E-state index in [1.54, 1.807) is 18.2 Å². The molecule has 0 aliphatic carbocycles. The van der Waals surface area contributed by atoms with E-state index in [1.807, 2.05) is 0 Å². The van der Waals surface area contributed by atoms with Gasteiger partial charge in [-0.2, -0.15) is 21.6 Å². The first-order valence-electron chi connectivity index (χ1n) is 6.15. The molecule has 2 aromatic carbocycles. The van der Waals surface area contributed by atoms with Gasteiger partial charge >= 0.3 is 15.6 Å². The second-order valence-electron chi connectivity index (χ2n) is 4.57. The number of benzene rings is 2. The largest absolute Gasteiger partial charge is 0.534 e. The lowest BCUT2D eigenvalue weighted by molar-refractivity contribution is -0.0500. The molecular weight excluding hydrogens is 337 g/mol. The first kappa shape index (κ1) is 15.3. The number of rotatable bonds is 2. The summed E-state index contributed by atoms with van der Waals surface area (Å²) < 4.78 is 68.4. The lowest BCUT2D eigenvalue weighted by atomic mass is 10.1. The maximum Gasteiger partial charge on any atom is 0.534 e. The highest BCUT2D eigenvalue weighted by Gasteiger charge is 2.48. The Morgan fingerprint density at radius 1 is 0.957 bits per heavy atom. The second kappa shape index (κ2) is 4.98. The van der Waals surface area contributed by atoms with Gasteiger partial charge in [0.15, 0.2) is 0 Å². The zero-order valence-electron chi connectivity index (χ0n) is 11.1. The molecule has 120 valence electrons. The van der Waals surface area contributed by atoms with Crippen LogP contribution in [0.3, 0.4) is 0 Å². The molecule has 3 rings (SSSR count). The van der Waals surface area contributed by atoms with Crippen molar-refractivity contribution in [1.82, 2.24) is 0 Å². The summed E-state index contributed by atoms with van der Waals surface area (Å²) in [4.78, 5) is 12.2. The highest BCUT2D eigenvalue weighted by Crippen LogP contribution is 2.29. The van der Waals surface area contributed by atoms with Gasteiger partial charge in [-0.1, -0.05) is 12.1 Å². The van der Waals surface area contributed by atoms with Crippen molar-refractivity contribution >= 4 is 32.1 Å². The Bertz CT molecular complexity index is 1070. The third-order valence-electron chi connectivity index (χ3n) is 3.04. The summed E-state index contributed by atoms with van der Waals surface area (Å²) >= 11 is 0.